The molecule has 4 rings (SSSR count). The Morgan fingerprint density at radius 1 is 1.04 bits per heavy atom. The first-order valence-electron chi connectivity index (χ1n) is 7.72. The quantitative estimate of drug-likeness (QED) is 0.769. The van der Waals surface area contributed by atoms with Gasteiger partial charge in [0, 0.05) is 25.5 Å². The number of nitrogens with zero attached hydrogens (tertiary/aromatic N) is 4. The molecule has 0 aliphatic carbocycles. The van der Waals surface area contributed by atoms with Crippen LogP contribution >= 0.6 is 0 Å². The fourth-order valence-electron chi connectivity index (χ4n) is 1.91. The molecule has 0 unspecified atom stereocenters. The van der Waals surface area contributed by atoms with Gasteiger partial charge in [-0.1, -0.05) is 24.3 Å². The Hall–Kier alpha value is -3.03. The molecule has 0 saturated carbocycles. The van der Waals surface area contributed by atoms with Crippen molar-refractivity contribution in [3.05, 3.63) is 67.3 Å². The van der Waals surface area contributed by atoms with Crippen molar-refractivity contribution in [2.75, 3.05) is 11.9 Å². The molecule has 1 aliphatic heterocycles. The number of halogens is 2. The Bertz CT molecular complexity index is 647. The molecular formula is C17H19F2N5O. The zero-order valence-corrected chi connectivity index (χ0v) is 13.5. The molecule has 0 fully saturated rings. The van der Waals surface area contributed by atoms with Crippen molar-refractivity contribution in [1.29, 1.82) is 0 Å². The van der Waals surface area contributed by atoms with E-state index in [9.17, 15) is 8.78 Å². The molecule has 1 N–H and O–H groups in total. The summed E-state index contributed by atoms with van der Waals surface area (Å²) in [6.45, 7) is -0.705. The molecular weight excluding hydrogens is 328 g/mol. The zero-order valence-electron chi connectivity index (χ0n) is 13.5. The summed E-state index contributed by atoms with van der Waals surface area (Å²) in [5.74, 6) is 1.10. The lowest BCUT2D eigenvalue weighted by Gasteiger charge is -2.12. The smallest absolute Gasteiger partial charge is 0.387 e. The average molecular weight is 347 g/mol. The molecule has 6 nitrogen and oxygen atoms in total. The lowest BCUT2D eigenvalue weighted by molar-refractivity contribution is -0.0498. The monoisotopic (exact) mass is 347 g/mol. The lowest BCUT2D eigenvalue weighted by Crippen LogP contribution is -2.17. The first-order valence-corrected chi connectivity index (χ1v) is 7.72. The van der Waals surface area contributed by atoms with Gasteiger partial charge in [0.25, 0.3) is 0 Å². The van der Waals surface area contributed by atoms with Crippen molar-refractivity contribution in [2.45, 2.75) is 19.6 Å². The van der Waals surface area contributed by atoms with Crippen LogP contribution in [0.5, 0.6) is 5.75 Å². The van der Waals surface area contributed by atoms with Gasteiger partial charge in [0.1, 0.15) is 12.1 Å². The van der Waals surface area contributed by atoms with Gasteiger partial charge in [0.2, 0.25) is 5.95 Å². The number of ether oxygens (including phenoxy) is 1. The van der Waals surface area contributed by atoms with Gasteiger partial charge in [-0.05, 0) is 30.7 Å². The highest BCUT2D eigenvalue weighted by molar-refractivity contribution is 5.24. The molecule has 1 aromatic carbocycles. The fraction of sp³-hybridized carbons (Fsp3) is 0.235. The lowest BCUT2D eigenvalue weighted by atomic mass is 10.3. The van der Waals surface area contributed by atoms with Crippen LogP contribution in [0.2, 0.25) is 0 Å². The first kappa shape index (κ1) is 18.3. The molecule has 0 radical (unpaired) electrons. The van der Waals surface area contributed by atoms with Gasteiger partial charge < -0.3 is 10.1 Å². The number of aryl methyl sites for hydroxylation is 1. The Morgan fingerprint density at radius 3 is 2.32 bits per heavy atom. The summed E-state index contributed by atoms with van der Waals surface area (Å²) in [6, 6.07) is 13.7. The van der Waals surface area contributed by atoms with Gasteiger partial charge in [0.05, 0.1) is 0 Å². The highest BCUT2D eigenvalue weighted by atomic mass is 19.3. The molecule has 2 aromatic heterocycles. The molecule has 1 aliphatic rings. The normalized spacial score (nSPS) is 11.8. The Morgan fingerprint density at radius 2 is 1.76 bits per heavy atom. The number of alkyl halides is 2. The van der Waals surface area contributed by atoms with Crippen molar-refractivity contribution in [2.24, 2.45) is 0 Å². The fourth-order valence-corrected chi connectivity index (χ4v) is 1.91. The second-order valence-electron chi connectivity index (χ2n) is 4.80. The highest BCUT2D eigenvalue weighted by Gasteiger charge is 2.06. The SMILES string of the molecule is FC(F)Oc1ccccc1.c1ccncc1.c1nc2n(n1)CCCN2. The maximum Gasteiger partial charge on any atom is 0.387 e. The van der Waals surface area contributed by atoms with E-state index >= 15 is 0 Å². The maximum atomic E-state index is 11.5. The van der Waals surface area contributed by atoms with Gasteiger partial charge in [-0.2, -0.15) is 18.9 Å². The number of hydrogen-bond donors (Lipinski definition) is 1. The summed E-state index contributed by atoms with van der Waals surface area (Å²) in [5, 5.41) is 7.13. The van der Waals surface area contributed by atoms with Crippen LogP contribution in [0.15, 0.2) is 67.3 Å². The van der Waals surface area contributed by atoms with Gasteiger partial charge in [0.15, 0.2) is 0 Å². The Kier molecular flexibility index (Phi) is 7.83. The molecule has 0 saturated heterocycles. The molecule has 25 heavy (non-hydrogen) atoms. The molecule has 3 aromatic rings. The average Bonchev–Trinajstić information content (AvgIpc) is 3.13. The molecule has 3 heterocycles. The van der Waals surface area contributed by atoms with E-state index < -0.39 is 6.61 Å². The summed E-state index contributed by atoms with van der Waals surface area (Å²) >= 11 is 0. The molecule has 0 spiro atoms. The standard InChI is InChI=1S/C7H6F2O.C5H8N4.C5H5N/c8-7(9)10-6-4-2-1-3-5-6;1-2-6-5-7-4-8-9(5)3-1;1-2-4-6-5-3-1/h1-5,7H;4H,1-3H2,(H,6,7,8);1-5H. The largest absolute Gasteiger partial charge is 0.435 e. The predicted molar refractivity (Wildman–Crippen MR) is 90.4 cm³/mol. The van der Waals surface area contributed by atoms with Gasteiger partial charge in [-0.3, -0.25) is 4.98 Å². The predicted octanol–water partition coefficient (Wildman–Crippen LogP) is 3.46. The van der Waals surface area contributed by atoms with Crippen LogP contribution < -0.4 is 10.1 Å². The minimum Gasteiger partial charge on any atom is -0.435 e. The molecule has 0 atom stereocenters. The molecule has 0 amide bonds. The van der Waals surface area contributed by atoms with Gasteiger partial charge in [-0.25, -0.2) is 4.68 Å². The van der Waals surface area contributed by atoms with E-state index in [2.05, 4.69) is 25.1 Å². The highest BCUT2D eigenvalue weighted by Crippen LogP contribution is 2.11. The number of aromatic nitrogens is 4. The Labute approximate surface area is 144 Å². The van der Waals surface area contributed by atoms with Crippen LogP contribution in [0.1, 0.15) is 6.42 Å². The Balaban J connectivity index is 0.000000139. The summed E-state index contributed by atoms with van der Waals surface area (Å²) < 4.78 is 29.0. The number of anilines is 1. The maximum absolute atomic E-state index is 11.5. The van der Waals surface area contributed by atoms with Crippen molar-refractivity contribution >= 4 is 5.95 Å². The van der Waals surface area contributed by atoms with Crippen LogP contribution in [-0.4, -0.2) is 32.9 Å². The zero-order chi connectivity index (χ0) is 17.7. The van der Waals surface area contributed by atoms with Gasteiger partial charge in [-0.15, -0.1) is 0 Å². The minimum atomic E-state index is -2.73. The van der Waals surface area contributed by atoms with Gasteiger partial charge >= 0.3 is 6.61 Å². The third kappa shape index (κ3) is 7.38. The van der Waals surface area contributed by atoms with E-state index in [0.717, 1.165) is 25.5 Å². The van der Waals surface area contributed by atoms with Crippen molar-refractivity contribution < 1.29 is 13.5 Å². The van der Waals surface area contributed by atoms with Crippen molar-refractivity contribution in [1.82, 2.24) is 19.7 Å². The van der Waals surface area contributed by atoms with E-state index in [4.69, 9.17) is 0 Å². The summed E-state index contributed by atoms with van der Waals surface area (Å²) in [4.78, 5) is 7.78. The third-order valence-electron chi connectivity index (χ3n) is 2.98. The van der Waals surface area contributed by atoms with Crippen LogP contribution in [-0.2, 0) is 6.54 Å². The van der Waals surface area contributed by atoms with E-state index in [1.54, 1.807) is 36.9 Å². The van der Waals surface area contributed by atoms with Crippen LogP contribution in [0.25, 0.3) is 0 Å². The van der Waals surface area contributed by atoms with E-state index in [-0.39, 0.29) is 5.75 Å². The van der Waals surface area contributed by atoms with E-state index in [1.165, 1.54) is 12.1 Å². The number of pyridine rings is 1. The summed E-state index contributed by atoms with van der Waals surface area (Å²) in [6.07, 6.45) is 6.23. The first-order chi connectivity index (χ1) is 12.3. The van der Waals surface area contributed by atoms with Crippen molar-refractivity contribution in [3.63, 3.8) is 0 Å². The van der Waals surface area contributed by atoms with Crippen molar-refractivity contribution in [3.8, 4) is 5.75 Å². The van der Waals surface area contributed by atoms with Crippen LogP contribution in [0.4, 0.5) is 14.7 Å². The van der Waals surface area contributed by atoms with E-state index in [1.807, 2.05) is 22.9 Å². The van der Waals surface area contributed by atoms with Crippen LogP contribution in [0, 0.1) is 0 Å². The van der Waals surface area contributed by atoms with Crippen LogP contribution in [0.3, 0.4) is 0 Å². The number of rotatable bonds is 2. The second-order valence-corrected chi connectivity index (χ2v) is 4.80. The minimum absolute atomic E-state index is 0.192. The van der Waals surface area contributed by atoms with E-state index in [0.29, 0.717) is 0 Å². The number of para-hydroxylation sites is 1. The third-order valence-corrected chi connectivity index (χ3v) is 2.98. The number of nitrogens with one attached hydrogen (secondary N) is 1. The molecule has 0 bridgehead atoms. The number of fused-ring (bicyclic) bond motifs is 1. The number of hydrogen-bond acceptors (Lipinski definition) is 5. The molecule has 132 valence electrons. The topological polar surface area (TPSA) is 64.9 Å². The summed E-state index contributed by atoms with van der Waals surface area (Å²) in [5.41, 5.74) is 0. The number of benzene rings is 1. The second kappa shape index (κ2) is 10.7. The molecule has 8 heteroatoms. The summed E-state index contributed by atoms with van der Waals surface area (Å²) in [7, 11) is 0.